The van der Waals surface area contributed by atoms with Crippen molar-refractivity contribution in [2.75, 3.05) is 7.05 Å². The normalized spacial score (nSPS) is 27.8. The molecule has 4 atom stereocenters. The van der Waals surface area contributed by atoms with Crippen molar-refractivity contribution in [1.29, 1.82) is 0 Å². The van der Waals surface area contributed by atoms with E-state index < -0.39 is 0 Å². The summed E-state index contributed by atoms with van der Waals surface area (Å²) < 4.78 is 7.24. The number of benzene rings is 2. The molecule has 2 aromatic carbocycles. The van der Waals surface area contributed by atoms with Crippen LogP contribution in [0.25, 0.3) is 11.3 Å². The van der Waals surface area contributed by atoms with Gasteiger partial charge in [-0.25, -0.2) is 0 Å². The van der Waals surface area contributed by atoms with Gasteiger partial charge in [0.05, 0.1) is 0 Å². The lowest BCUT2D eigenvalue weighted by atomic mass is 9.75. The standard InChI is InChI=1S/C23H23IN2O/c1-26-18-11-12-21(26)23(19(13-18)15-7-9-17(24)10-8-15)22-14-20(25-27-22)16-5-3-2-4-6-16/h2-10,14,18-19,21,23H,11-13H2,1H3. The molecule has 2 fully saturated rings. The SMILES string of the molecule is CN1C2CCC1C(c1cc(-c3ccccc3)no1)C(c1ccc(I)cc1)C2. The number of rotatable bonds is 3. The predicted octanol–water partition coefficient (Wildman–Crippen LogP) is 5.68. The van der Waals surface area contributed by atoms with Gasteiger partial charge in [0.15, 0.2) is 0 Å². The first kappa shape index (κ1) is 17.4. The van der Waals surface area contributed by atoms with Crippen molar-refractivity contribution in [2.24, 2.45) is 0 Å². The molecule has 5 rings (SSSR count). The summed E-state index contributed by atoms with van der Waals surface area (Å²) in [7, 11) is 2.29. The molecule has 2 saturated heterocycles. The van der Waals surface area contributed by atoms with Crippen molar-refractivity contribution < 1.29 is 4.52 Å². The van der Waals surface area contributed by atoms with Gasteiger partial charge in [-0.2, -0.15) is 0 Å². The third kappa shape index (κ3) is 3.13. The van der Waals surface area contributed by atoms with Crippen molar-refractivity contribution in [3.05, 3.63) is 75.6 Å². The van der Waals surface area contributed by atoms with E-state index in [0.29, 0.717) is 23.9 Å². The topological polar surface area (TPSA) is 29.3 Å². The molecule has 3 nitrogen and oxygen atoms in total. The Balaban J connectivity index is 1.54. The van der Waals surface area contributed by atoms with E-state index in [2.05, 4.69) is 82.2 Å². The molecule has 2 aliphatic rings. The average Bonchev–Trinajstić information content (AvgIpc) is 3.26. The molecule has 138 valence electrons. The van der Waals surface area contributed by atoms with Gasteiger partial charge < -0.3 is 4.52 Å². The fourth-order valence-corrected chi connectivity index (χ4v) is 5.46. The van der Waals surface area contributed by atoms with Crippen LogP contribution in [0.4, 0.5) is 0 Å². The Kier molecular flexibility index (Phi) is 4.56. The van der Waals surface area contributed by atoms with Crippen LogP contribution >= 0.6 is 22.6 Å². The van der Waals surface area contributed by atoms with Gasteiger partial charge in [0, 0.05) is 33.2 Å². The van der Waals surface area contributed by atoms with Crippen molar-refractivity contribution in [3.63, 3.8) is 0 Å². The Hall–Kier alpha value is -1.66. The molecular weight excluding hydrogens is 447 g/mol. The Morgan fingerprint density at radius 1 is 1.04 bits per heavy atom. The molecule has 4 heteroatoms. The first-order valence-corrected chi connectivity index (χ1v) is 10.8. The maximum atomic E-state index is 5.95. The highest BCUT2D eigenvalue weighted by Crippen LogP contribution is 2.51. The third-order valence-corrected chi connectivity index (χ3v) is 7.21. The lowest BCUT2D eigenvalue weighted by Crippen LogP contribution is -2.44. The Bertz CT molecular complexity index is 921. The van der Waals surface area contributed by atoms with Crippen LogP contribution in [0, 0.1) is 3.57 Å². The highest BCUT2D eigenvalue weighted by molar-refractivity contribution is 14.1. The summed E-state index contributed by atoms with van der Waals surface area (Å²) in [5.74, 6) is 1.89. The maximum Gasteiger partial charge on any atom is 0.142 e. The molecule has 4 unspecified atom stereocenters. The molecule has 0 radical (unpaired) electrons. The smallest absolute Gasteiger partial charge is 0.142 e. The lowest BCUT2D eigenvalue weighted by molar-refractivity contribution is 0.122. The number of fused-ring (bicyclic) bond motifs is 2. The summed E-state index contributed by atoms with van der Waals surface area (Å²) in [5, 5.41) is 4.42. The van der Waals surface area contributed by atoms with E-state index >= 15 is 0 Å². The molecule has 3 heterocycles. The van der Waals surface area contributed by atoms with Crippen molar-refractivity contribution in [3.8, 4) is 11.3 Å². The summed E-state index contributed by atoms with van der Waals surface area (Å²) in [4.78, 5) is 2.58. The highest BCUT2D eigenvalue weighted by Gasteiger charge is 2.48. The predicted molar refractivity (Wildman–Crippen MR) is 116 cm³/mol. The van der Waals surface area contributed by atoms with E-state index in [-0.39, 0.29) is 0 Å². The lowest BCUT2D eigenvalue weighted by Gasteiger charge is -2.42. The number of halogens is 1. The zero-order chi connectivity index (χ0) is 18.4. The van der Waals surface area contributed by atoms with Gasteiger partial charge in [0.25, 0.3) is 0 Å². The minimum atomic E-state index is 0.360. The van der Waals surface area contributed by atoms with Crippen LogP contribution in [0.15, 0.2) is 65.2 Å². The quantitative estimate of drug-likeness (QED) is 0.462. The first-order chi connectivity index (χ1) is 13.2. The monoisotopic (exact) mass is 470 g/mol. The van der Waals surface area contributed by atoms with Crippen LogP contribution in [-0.2, 0) is 0 Å². The summed E-state index contributed by atoms with van der Waals surface area (Å²) in [6, 6.07) is 22.8. The van der Waals surface area contributed by atoms with E-state index in [1.807, 2.05) is 18.2 Å². The number of hydrogen-bond acceptors (Lipinski definition) is 3. The molecule has 2 bridgehead atoms. The van der Waals surface area contributed by atoms with E-state index in [1.165, 1.54) is 28.4 Å². The van der Waals surface area contributed by atoms with Gasteiger partial charge in [0.1, 0.15) is 11.5 Å². The van der Waals surface area contributed by atoms with Gasteiger partial charge >= 0.3 is 0 Å². The number of hydrogen-bond donors (Lipinski definition) is 0. The average molecular weight is 470 g/mol. The van der Waals surface area contributed by atoms with E-state index in [1.54, 1.807) is 0 Å². The van der Waals surface area contributed by atoms with E-state index in [0.717, 1.165) is 17.0 Å². The minimum Gasteiger partial charge on any atom is -0.360 e. The van der Waals surface area contributed by atoms with Crippen LogP contribution < -0.4 is 0 Å². The second-order valence-electron chi connectivity index (χ2n) is 7.86. The zero-order valence-corrected chi connectivity index (χ0v) is 17.5. The van der Waals surface area contributed by atoms with Crippen LogP contribution in [-0.4, -0.2) is 29.2 Å². The fourth-order valence-electron chi connectivity index (χ4n) is 5.10. The molecule has 3 aromatic rings. The molecule has 2 aliphatic heterocycles. The second-order valence-corrected chi connectivity index (χ2v) is 9.11. The molecule has 0 amide bonds. The van der Waals surface area contributed by atoms with Gasteiger partial charge in [-0.3, -0.25) is 4.90 Å². The minimum absolute atomic E-state index is 0.360. The van der Waals surface area contributed by atoms with Crippen LogP contribution in [0.5, 0.6) is 0 Å². The number of aromatic nitrogens is 1. The summed E-state index contributed by atoms with van der Waals surface area (Å²) in [6.07, 6.45) is 3.73. The van der Waals surface area contributed by atoms with Crippen LogP contribution in [0.1, 0.15) is 42.4 Å². The van der Waals surface area contributed by atoms with Gasteiger partial charge in [0.2, 0.25) is 0 Å². The highest BCUT2D eigenvalue weighted by atomic mass is 127. The molecule has 0 N–H and O–H groups in total. The largest absolute Gasteiger partial charge is 0.360 e. The van der Waals surface area contributed by atoms with E-state index in [4.69, 9.17) is 4.52 Å². The summed E-state index contributed by atoms with van der Waals surface area (Å²) in [6.45, 7) is 0. The van der Waals surface area contributed by atoms with Crippen LogP contribution in [0.2, 0.25) is 0 Å². The molecule has 27 heavy (non-hydrogen) atoms. The molecule has 1 aromatic heterocycles. The van der Waals surface area contributed by atoms with Crippen molar-refractivity contribution in [1.82, 2.24) is 10.1 Å². The Labute approximate surface area is 173 Å². The molecule has 0 spiro atoms. The third-order valence-electron chi connectivity index (χ3n) is 6.49. The molecular formula is C23H23IN2O. The number of likely N-dealkylation sites (N-methyl/N-ethyl adjacent to an activating group) is 1. The first-order valence-electron chi connectivity index (χ1n) is 9.70. The number of piperidine rings is 1. The van der Waals surface area contributed by atoms with E-state index in [9.17, 15) is 0 Å². The van der Waals surface area contributed by atoms with Crippen molar-refractivity contribution in [2.45, 2.75) is 43.2 Å². The molecule has 0 aliphatic carbocycles. The Morgan fingerprint density at radius 3 is 2.59 bits per heavy atom. The van der Waals surface area contributed by atoms with Gasteiger partial charge in [-0.1, -0.05) is 47.6 Å². The van der Waals surface area contributed by atoms with Gasteiger partial charge in [-0.05, 0) is 72.5 Å². The fraction of sp³-hybridized carbons (Fsp3) is 0.348. The van der Waals surface area contributed by atoms with Crippen molar-refractivity contribution >= 4 is 22.6 Å². The number of nitrogens with zero attached hydrogens (tertiary/aromatic N) is 2. The second kappa shape index (κ2) is 7.06. The zero-order valence-electron chi connectivity index (χ0n) is 15.4. The summed E-state index contributed by atoms with van der Waals surface area (Å²) in [5.41, 5.74) is 3.49. The van der Waals surface area contributed by atoms with Crippen LogP contribution in [0.3, 0.4) is 0 Å². The molecule has 0 saturated carbocycles. The summed E-state index contributed by atoms with van der Waals surface area (Å²) >= 11 is 2.38. The Morgan fingerprint density at radius 2 is 1.81 bits per heavy atom. The maximum absolute atomic E-state index is 5.95. The van der Waals surface area contributed by atoms with Gasteiger partial charge in [-0.15, -0.1) is 0 Å².